The van der Waals surface area contributed by atoms with Gasteiger partial charge < -0.3 is 19.7 Å². The molecule has 28 heavy (non-hydrogen) atoms. The third-order valence-electron chi connectivity index (χ3n) is 4.33. The number of para-hydroxylation sites is 1. The van der Waals surface area contributed by atoms with Gasteiger partial charge in [-0.15, -0.1) is 11.8 Å². The number of hydrogen-bond donors (Lipinski definition) is 1. The van der Waals surface area contributed by atoms with E-state index in [-0.39, 0.29) is 11.1 Å². The fourth-order valence-corrected chi connectivity index (χ4v) is 4.27. The summed E-state index contributed by atoms with van der Waals surface area (Å²) in [5.74, 6) is 1.82. The van der Waals surface area contributed by atoms with E-state index in [1.54, 1.807) is 18.2 Å². The first-order valence-electron chi connectivity index (χ1n) is 8.42. The lowest BCUT2D eigenvalue weighted by atomic mass is 10.1. The van der Waals surface area contributed by atoms with Crippen molar-refractivity contribution in [3.05, 3.63) is 53.6 Å². The molecule has 1 fully saturated rings. The molecule has 0 aromatic heterocycles. The average molecular weight is 412 g/mol. The van der Waals surface area contributed by atoms with Crippen molar-refractivity contribution in [2.75, 3.05) is 31.8 Å². The number of benzene rings is 2. The lowest BCUT2D eigenvalue weighted by Crippen LogP contribution is -2.35. The number of nitrogens with zero attached hydrogens (tertiary/aromatic N) is 1. The summed E-state index contributed by atoms with van der Waals surface area (Å²) in [6.07, 6.45) is -4.55. The standard InChI is InChI=1S/C19H19F3N2O3S/c1-26-12-7-8-13(16(11-12)27-2)17-24(9-10-28-17)18(25)23-15-6-4-3-5-14(15)19(20,21)22/h3-8,11,17H,9-10H2,1-2H3,(H,23,25). The highest BCUT2D eigenvalue weighted by molar-refractivity contribution is 7.99. The number of hydrogen-bond acceptors (Lipinski definition) is 4. The third-order valence-corrected chi connectivity index (χ3v) is 5.58. The molecule has 2 aromatic rings. The van der Waals surface area contributed by atoms with Crippen LogP contribution in [-0.2, 0) is 6.18 Å². The van der Waals surface area contributed by atoms with Gasteiger partial charge in [-0.3, -0.25) is 0 Å². The van der Waals surface area contributed by atoms with Crippen molar-refractivity contribution in [1.29, 1.82) is 0 Å². The molecule has 0 aliphatic carbocycles. The number of carbonyl (C=O) groups is 1. The zero-order valence-electron chi connectivity index (χ0n) is 15.2. The Hall–Kier alpha value is -2.55. The average Bonchev–Trinajstić information content (AvgIpc) is 3.16. The maximum absolute atomic E-state index is 13.2. The minimum Gasteiger partial charge on any atom is -0.497 e. The third kappa shape index (κ3) is 4.14. The fraction of sp³-hybridized carbons (Fsp3) is 0.316. The van der Waals surface area contributed by atoms with E-state index in [2.05, 4.69) is 5.32 Å². The molecule has 1 aliphatic heterocycles. The van der Waals surface area contributed by atoms with Gasteiger partial charge >= 0.3 is 12.2 Å². The molecule has 1 atom stereocenters. The van der Waals surface area contributed by atoms with E-state index in [1.165, 1.54) is 49.1 Å². The van der Waals surface area contributed by atoms with Gasteiger partial charge in [-0.05, 0) is 24.3 Å². The van der Waals surface area contributed by atoms with E-state index >= 15 is 0 Å². The number of anilines is 1. The normalized spacial score (nSPS) is 16.8. The number of thioether (sulfide) groups is 1. The Bertz CT molecular complexity index is 861. The molecular weight excluding hydrogens is 393 g/mol. The van der Waals surface area contributed by atoms with Crippen LogP contribution in [-0.4, -0.2) is 37.4 Å². The molecule has 3 rings (SSSR count). The van der Waals surface area contributed by atoms with Crippen molar-refractivity contribution < 1.29 is 27.4 Å². The van der Waals surface area contributed by atoms with Gasteiger partial charge in [0, 0.05) is 23.9 Å². The van der Waals surface area contributed by atoms with Crippen LogP contribution >= 0.6 is 11.8 Å². The highest BCUT2D eigenvalue weighted by atomic mass is 32.2. The Kier molecular flexibility index (Phi) is 5.93. The van der Waals surface area contributed by atoms with E-state index in [1.807, 2.05) is 0 Å². The van der Waals surface area contributed by atoms with E-state index in [0.717, 1.165) is 11.6 Å². The van der Waals surface area contributed by atoms with Crippen LogP contribution in [0.25, 0.3) is 0 Å². The van der Waals surface area contributed by atoms with Gasteiger partial charge in [0.1, 0.15) is 16.9 Å². The van der Waals surface area contributed by atoms with Gasteiger partial charge in [0.15, 0.2) is 0 Å². The first kappa shape index (κ1) is 20.2. The molecule has 2 aromatic carbocycles. The van der Waals surface area contributed by atoms with Crippen LogP contribution in [0, 0.1) is 0 Å². The number of amides is 2. The molecule has 1 aliphatic rings. The first-order chi connectivity index (χ1) is 13.3. The number of rotatable bonds is 4. The minimum atomic E-state index is -4.55. The SMILES string of the molecule is COc1ccc(C2SCCN2C(=O)Nc2ccccc2C(F)(F)F)c(OC)c1. The number of carbonyl (C=O) groups excluding carboxylic acids is 1. The zero-order valence-corrected chi connectivity index (χ0v) is 16.1. The number of nitrogens with one attached hydrogen (secondary N) is 1. The van der Waals surface area contributed by atoms with Crippen LogP contribution in [0.15, 0.2) is 42.5 Å². The summed E-state index contributed by atoms with van der Waals surface area (Å²) in [5, 5.41) is 2.03. The lowest BCUT2D eigenvalue weighted by Gasteiger charge is -2.26. The highest BCUT2D eigenvalue weighted by Crippen LogP contribution is 2.43. The topological polar surface area (TPSA) is 50.8 Å². The summed E-state index contributed by atoms with van der Waals surface area (Å²) in [5.41, 5.74) is -0.392. The van der Waals surface area contributed by atoms with Crippen LogP contribution in [0.3, 0.4) is 0 Å². The van der Waals surface area contributed by atoms with Crippen LogP contribution in [0.4, 0.5) is 23.7 Å². The smallest absolute Gasteiger partial charge is 0.418 e. The Labute approximate surface area is 164 Å². The molecule has 1 saturated heterocycles. The second kappa shape index (κ2) is 8.22. The van der Waals surface area contributed by atoms with E-state index in [0.29, 0.717) is 23.8 Å². The predicted molar refractivity (Wildman–Crippen MR) is 102 cm³/mol. The van der Waals surface area contributed by atoms with Crippen LogP contribution in [0.5, 0.6) is 11.5 Å². The number of alkyl halides is 3. The molecule has 1 heterocycles. The van der Waals surface area contributed by atoms with Crippen LogP contribution in [0.2, 0.25) is 0 Å². The number of urea groups is 1. The number of ether oxygens (including phenoxy) is 2. The van der Waals surface area contributed by atoms with Gasteiger partial charge in [-0.25, -0.2) is 4.79 Å². The summed E-state index contributed by atoms with van der Waals surface area (Å²) in [6.45, 7) is 0.407. The summed E-state index contributed by atoms with van der Waals surface area (Å²) in [7, 11) is 3.05. The summed E-state index contributed by atoms with van der Waals surface area (Å²) >= 11 is 1.52. The molecule has 0 saturated carbocycles. The summed E-state index contributed by atoms with van der Waals surface area (Å²) in [4.78, 5) is 14.3. The Morgan fingerprint density at radius 3 is 2.61 bits per heavy atom. The Balaban J connectivity index is 1.85. The van der Waals surface area contributed by atoms with Crippen LogP contribution < -0.4 is 14.8 Å². The van der Waals surface area contributed by atoms with Gasteiger partial charge in [0.05, 0.1) is 25.5 Å². The monoisotopic (exact) mass is 412 g/mol. The number of methoxy groups -OCH3 is 2. The van der Waals surface area contributed by atoms with E-state index in [4.69, 9.17) is 9.47 Å². The first-order valence-corrected chi connectivity index (χ1v) is 9.47. The quantitative estimate of drug-likeness (QED) is 0.768. The van der Waals surface area contributed by atoms with E-state index in [9.17, 15) is 18.0 Å². The zero-order chi connectivity index (χ0) is 20.3. The number of halogens is 3. The lowest BCUT2D eigenvalue weighted by molar-refractivity contribution is -0.136. The molecule has 0 spiro atoms. The van der Waals surface area contributed by atoms with Crippen molar-refractivity contribution in [3.63, 3.8) is 0 Å². The summed E-state index contributed by atoms with van der Waals surface area (Å²) < 4.78 is 50.2. The molecule has 0 radical (unpaired) electrons. The Morgan fingerprint density at radius 1 is 1.18 bits per heavy atom. The second-order valence-corrected chi connectivity index (χ2v) is 7.19. The fourth-order valence-electron chi connectivity index (χ4n) is 2.98. The van der Waals surface area contributed by atoms with Gasteiger partial charge in [0.25, 0.3) is 0 Å². The summed E-state index contributed by atoms with van der Waals surface area (Å²) in [6, 6.07) is 9.60. The Morgan fingerprint density at radius 2 is 1.93 bits per heavy atom. The molecule has 1 unspecified atom stereocenters. The van der Waals surface area contributed by atoms with Crippen molar-refractivity contribution in [2.24, 2.45) is 0 Å². The molecular formula is C19H19F3N2O3S. The van der Waals surface area contributed by atoms with Crippen molar-refractivity contribution in [2.45, 2.75) is 11.6 Å². The van der Waals surface area contributed by atoms with Crippen LogP contribution in [0.1, 0.15) is 16.5 Å². The van der Waals surface area contributed by atoms with Crippen molar-refractivity contribution in [3.8, 4) is 11.5 Å². The maximum atomic E-state index is 13.2. The highest BCUT2D eigenvalue weighted by Gasteiger charge is 2.36. The molecule has 5 nitrogen and oxygen atoms in total. The minimum absolute atomic E-state index is 0.266. The molecule has 9 heteroatoms. The molecule has 150 valence electrons. The largest absolute Gasteiger partial charge is 0.497 e. The second-order valence-electron chi connectivity index (χ2n) is 6.00. The molecule has 1 N–H and O–H groups in total. The molecule has 0 bridgehead atoms. The van der Waals surface area contributed by atoms with Gasteiger partial charge in [-0.2, -0.15) is 13.2 Å². The van der Waals surface area contributed by atoms with Crippen molar-refractivity contribution >= 4 is 23.5 Å². The predicted octanol–water partition coefficient (Wildman–Crippen LogP) is 5.00. The maximum Gasteiger partial charge on any atom is 0.418 e. The van der Waals surface area contributed by atoms with E-state index < -0.39 is 17.8 Å². The van der Waals surface area contributed by atoms with Gasteiger partial charge in [0.2, 0.25) is 0 Å². The van der Waals surface area contributed by atoms with Crippen molar-refractivity contribution in [1.82, 2.24) is 4.90 Å². The molecule has 2 amide bonds. The van der Waals surface area contributed by atoms with Gasteiger partial charge in [-0.1, -0.05) is 12.1 Å².